The zero-order chi connectivity index (χ0) is 17.5. The van der Waals surface area contributed by atoms with Gasteiger partial charge in [-0.2, -0.15) is 0 Å². The summed E-state index contributed by atoms with van der Waals surface area (Å²) >= 11 is 0. The van der Waals surface area contributed by atoms with Crippen molar-refractivity contribution < 1.29 is 19.1 Å². The molecule has 1 amide bonds. The molecule has 0 aliphatic carbocycles. The molecule has 1 unspecified atom stereocenters. The number of carbonyl (C=O) groups excluding carboxylic acids is 1. The van der Waals surface area contributed by atoms with E-state index in [1.807, 2.05) is 30.3 Å². The maximum atomic E-state index is 13.9. The molecule has 0 spiro atoms. The Kier molecular flexibility index (Phi) is 6.07. The van der Waals surface area contributed by atoms with Gasteiger partial charge in [0.1, 0.15) is 5.82 Å². The van der Waals surface area contributed by atoms with E-state index in [0.29, 0.717) is 6.42 Å². The Hall–Kier alpha value is -2.69. The second-order valence-corrected chi connectivity index (χ2v) is 5.78. The number of carbonyl (C=O) groups is 2. The van der Waals surface area contributed by atoms with Gasteiger partial charge in [-0.1, -0.05) is 42.0 Å². The number of carboxylic acid groups (broad SMARTS) is 1. The number of carboxylic acids is 1. The van der Waals surface area contributed by atoms with Crippen LogP contribution in [0.3, 0.4) is 0 Å². The van der Waals surface area contributed by atoms with Crippen molar-refractivity contribution in [1.29, 1.82) is 0 Å². The fraction of sp³-hybridized carbons (Fsp3) is 0.263. The summed E-state index contributed by atoms with van der Waals surface area (Å²) in [6.07, 6.45) is 0.713. The maximum absolute atomic E-state index is 13.9. The van der Waals surface area contributed by atoms with E-state index in [4.69, 9.17) is 5.11 Å². The third-order valence-electron chi connectivity index (χ3n) is 3.73. The van der Waals surface area contributed by atoms with Crippen molar-refractivity contribution >= 4 is 11.9 Å². The SMILES string of the molecule is Cc1ccc(F)c(C(=O)NC(CCC(=O)O)Cc2ccccc2)c1. The number of hydrogen-bond donors (Lipinski definition) is 2. The minimum absolute atomic E-state index is 0.0246. The first kappa shape index (κ1) is 17.7. The lowest BCUT2D eigenvalue weighted by Gasteiger charge is -2.18. The largest absolute Gasteiger partial charge is 0.481 e. The van der Waals surface area contributed by atoms with E-state index < -0.39 is 17.7 Å². The maximum Gasteiger partial charge on any atom is 0.303 e. The van der Waals surface area contributed by atoms with Crippen LogP contribution in [-0.2, 0) is 11.2 Å². The van der Waals surface area contributed by atoms with Crippen LogP contribution in [0.15, 0.2) is 48.5 Å². The molecule has 0 radical (unpaired) electrons. The topological polar surface area (TPSA) is 66.4 Å². The number of rotatable bonds is 7. The van der Waals surface area contributed by atoms with Gasteiger partial charge in [0.05, 0.1) is 5.56 Å². The Balaban J connectivity index is 2.12. The van der Waals surface area contributed by atoms with E-state index in [-0.39, 0.29) is 24.4 Å². The molecule has 4 nitrogen and oxygen atoms in total. The molecule has 0 aliphatic heterocycles. The van der Waals surface area contributed by atoms with Crippen LogP contribution in [0.1, 0.15) is 34.3 Å². The number of nitrogens with one attached hydrogen (secondary N) is 1. The van der Waals surface area contributed by atoms with E-state index in [9.17, 15) is 14.0 Å². The molecular weight excluding hydrogens is 309 g/mol. The lowest BCUT2D eigenvalue weighted by molar-refractivity contribution is -0.137. The molecule has 0 saturated heterocycles. The molecule has 0 fully saturated rings. The monoisotopic (exact) mass is 329 g/mol. The molecule has 0 aliphatic rings. The first-order valence-corrected chi connectivity index (χ1v) is 7.78. The number of halogens is 1. The fourth-order valence-corrected chi connectivity index (χ4v) is 2.50. The highest BCUT2D eigenvalue weighted by Gasteiger charge is 2.18. The molecule has 2 aromatic carbocycles. The van der Waals surface area contributed by atoms with Gasteiger partial charge in [-0.15, -0.1) is 0 Å². The first-order valence-electron chi connectivity index (χ1n) is 7.78. The number of aliphatic carboxylic acids is 1. The van der Waals surface area contributed by atoms with Crippen LogP contribution in [0, 0.1) is 12.7 Å². The van der Waals surface area contributed by atoms with Crippen LogP contribution in [-0.4, -0.2) is 23.0 Å². The Morgan fingerprint density at radius 3 is 2.54 bits per heavy atom. The van der Waals surface area contributed by atoms with Crippen molar-refractivity contribution in [2.45, 2.75) is 32.2 Å². The second-order valence-electron chi connectivity index (χ2n) is 5.78. The molecule has 2 N–H and O–H groups in total. The minimum Gasteiger partial charge on any atom is -0.481 e. The standard InChI is InChI=1S/C19H20FNO3/c1-13-7-9-17(20)16(11-13)19(24)21-15(8-10-18(22)23)12-14-5-3-2-4-6-14/h2-7,9,11,15H,8,10,12H2,1H3,(H,21,24)(H,22,23). The van der Waals surface area contributed by atoms with Crippen molar-refractivity contribution in [3.63, 3.8) is 0 Å². The minimum atomic E-state index is -0.927. The summed E-state index contributed by atoms with van der Waals surface area (Å²) < 4.78 is 13.9. The summed E-state index contributed by atoms with van der Waals surface area (Å²) in [4.78, 5) is 23.2. The summed E-state index contributed by atoms with van der Waals surface area (Å²) in [5, 5.41) is 11.7. The van der Waals surface area contributed by atoms with Crippen LogP contribution >= 0.6 is 0 Å². The highest BCUT2D eigenvalue weighted by atomic mass is 19.1. The van der Waals surface area contributed by atoms with Gasteiger partial charge >= 0.3 is 5.97 Å². The van der Waals surface area contributed by atoms with E-state index in [1.165, 1.54) is 12.1 Å². The molecular formula is C19H20FNO3. The predicted molar refractivity (Wildman–Crippen MR) is 89.4 cm³/mol. The Bertz CT molecular complexity index is 716. The van der Waals surface area contributed by atoms with E-state index in [1.54, 1.807) is 13.0 Å². The molecule has 0 bridgehead atoms. The summed E-state index contributed by atoms with van der Waals surface area (Å²) in [7, 11) is 0. The van der Waals surface area contributed by atoms with Gasteiger partial charge in [-0.25, -0.2) is 4.39 Å². The van der Waals surface area contributed by atoms with Crippen LogP contribution in [0.5, 0.6) is 0 Å². The Morgan fingerprint density at radius 1 is 1.17 bits per heavy atom. The van der Waals surface area contributed by atoms with Gasteiger partial charge < -0.3 is 10.4 Å². The van der Waals surface area contributed by atoms with Crippen molar-refractivity contribution in [2.24, 2.45) is 0 Å². The number of aryl methyl sites for hydroxylation is 1. The molecule has 126 valence electrons. The van der Waals surface area contributed by atoms with Gasteiger partial charge in [0.2, 0.25) is 0 Å². The zero-order valence-electron chi connectivity index (χ0n) is 13.5. The van der Waals surface area contributed by atoms with Crippen LogP contribution < -0.4 is 5.32 Å². The van der Waals surface area contributed by atoms with Crippen LogP contribution in [0.4, 0.5) is 4.39 Å². The molecule has 0 aromatic heterocycles. The molecule has 2 rings (SSSR count). The average molecular weight is 329 g/mol. The summed E-state index contributed by atoms with van der Waals surface area (Å²) in [5.74, 6) is -2.04. The smallest absolute Gasteiger partial charge is 0.303 e. The lowest BCUT2D eigenvalue weighted by atomic mass is 10.0. The Labute approximate surface area is 140 Å². The van der Waals surface area contributed by atoms with E-state index >= 15 is 0 Å². The molecule has 2 aromatic rings. The van der Waals surface area contributed by atoms with Gasteiger partial charge in [-0.3, -0.25) is 9.59 Å². The van der Waals surface area contributed by atoms with Crippen molar-refractivity contribution in [1.82, 2.24) is 5.32 Å². The van der Waals surface area contributed by atoms with Gasteiger partial charge in [0, 0.05) is 12.5 Å². The van der Waals surface area contributed by atoms with Crippen molar-refractivity contribution in [3.05, 3.63) is 71.0 Å². The molecule has 1 atom stereocenters. The third-order valence-corrected chi connectivity index (χ3v) is 3.73. The average Bonchev–Trinajstić information content (AvgIpc) is 2.55. The number of hydrogen-bond acceptors (Lipinski definition) is 2. The summed E-state index contributed by atoms with van der Waals surface area (Å²) in [6.45, 7) is 1.78. The highest BCUT2D eigenvalue weighted by Crippen LogP contribution is 2.13. The van der Waals surface area contributed by atoms with Crippen LogP contribution in [0.25, 0.3) is 0 Å². The normalized spacial score (nSPS) is 11.8. The van der Waals surface area contributed by atoms with Crippen LogP contribution in [0.2, 0.25) is 0 Å². The predicted octanol–water partition coefficient (Wildman–Crippen LogP) is 3.34. The first-order chi connectivity index (χ1) is 11.5. The summed E-state index contributed by atoms with van der Waals surface area (Å²) in [5.41, 5.74) is 1.74. The fourth-order valence-electron chi connectivity index (χ4n) is 2.50. The number of benzene rings is 2. The molecule has 24 heavy (non-hydrogen) atoms. The van der Waals surface area contributed by atoms with Crippen molar-refractivity contribution in [3.8, 4) is 0 Å². The van der Waals surface area contributed by atoms with E-state index in [2.05, 4.69) is 5.32 Å². The Morgan fingerprint density at radius 2 is 1.88 bits per heavy atom. The summed E-state index contributed by atoms with van der Waals surface area (Å²) in [6, 6.07) is 13.4. The second kappa shape index (κ2) is 8.24. The van der Waals surface area contributed by atoms with Gasteiger partial charge in [-0.05, 0) is 37.5 Å². The molecule has 0 heterocycles. The van der Waals surface area contributed by atoms with Crippen molar-refractivity contribution in [2.75, 3.05) is 0 Å². The van der Waals surface area contributed by atoms with E-state index in [0.717, 1.165) is 11.1 Å². The molecule has 0 saturated carbocycles. The third kappa shape index (κ3) is 5.19. The zero-order valence-corrected chi connectivity index (χ0v) is 13.5. The number of amides is 1. The highest BCUT2D eigenvalue weighted by molar-refractivity contribution is 5.94. The lowest BCUT2D eigenvalue weighted by Crippen LogP contribution is -2.37. The molecule has 5 heteroatoms. The quantitative estimate of drug-likeness (QED) is 0.819. The van der Waals surface area contributed by atoms with Gasteiger partial charge in [0.25, 0.3) is 5.91 Å². The van der Waals surface area contributed by atoms with Gasteiger partial charge in [0.15, 0.2) is 0 Å².